The van der Waals surface area contributed by atoms with Gasteiger partial charge in [0.1, 0.15) is 11.6 Å². The van der Waals surface area contributed by atoms with E-state index >= 15 is 0 Å². The summed E-state index contributed by atoms with van der Waals surface area (Å²) in [5.74, 6) is -2.03. The van der Waals surface area contributed by atoms with Gasteiger partial charge in [-0.15, -0.1) is 0 Å². The molecule has 92 valence electrons. The van der Waals surface area contributed by atoms with Crippen molar-refractivity contribution in [1.82, 2.24) is 5.32 Å². The second-order valence-electron chi connectivity index (χ2n) is 4.39. The van der Waals surface area contributed by atoms with E-state index in [1.165, 1.54) is 6.07 Å². The van der Waals surface area contributed by atoms with Gasteiger partial charge in [-0.2, -0.15) is 0 Å². The van der Waals surface area contributed by atoms with E-state index in [9.17, 15) is 13.6 Å². The summed E-state index contributed by atoms with van der Waals surface area (Å²) in [5, 5.41) is 3.09. The van der Waals surface area contributed by atoms with Crippen molar-refractivity contribution in [3.63, 3.8) is 0 Å². The molecule has 1 atom stereocenters. The zero-order valence-corrected chi connectivity index (χ0v) is 9.72. The Bertz CT molecular complexity index is 419. The molecule has 0 aliphatic carbocycles. The van der Waals surface area contributed by atoms with Crippen LogP contribution in [0.4, 0.5) is 8.78 Å². The van der Waals surface area contributed by atoms with Crippen LogP contribution < -0.4 is 5.32 Å². The second-order valence-corrected chi connectivity index (χ2v) is 4.39. The van der Waals surface area contributed by atoms with Gasteiger partial charge < -0.3 is 5.32 Å². The molecule has 2 nitrogen and oxygen atoms in total. The van der Waals surface area contributed by atoms with E-state index in [4.69, 9.17) is 0 Å². The van der Waals surface area contributed by atoms with E-state index < -0.39 is 28.5 Å². The summed E-state index contributed by atoms with van der Waals surface area (Å²) in [5.41, 5.74) is -1.20. The van der Waals surface area contributed by atoms with Gasteiger partial charge in [0, 0.05) is 0 Å². The van der Waals surface area contributed by atoms with Crippen LogP contribution in [0.15, 0.2) is 18.2 Å². The van der Waals surface area contributed by atoms with Gasteiger partial charge in [-0.25, -0.2) is 8.78 Å². The van der Waals surface area contributed by atoms with E-state index in [1.54, 1.807) is 0 Å². The Hall–Kier alpha value is -1.29. The largest absolute Gasteiger partial charge is 0.305 e. The van der Waals surface area contributed by atoms with Crippen LogP contribution in [0, 0.1) is 11.6 Å². The Balaban J connectivity index is 2.43. The maximum atomic E-state index is 13.6. The quantitative estimate of drug-likeness (QED) is 0.822. The predicted molar refractivity (Wildman–Crippen MR) is 60.9 cm³/mol. The Labute approximate surface area is 99.0 Å². The normalized spacial score (nSPS) is 23.9. The molecule has 17 heavy (non-hydrogen) atoms. The summed E-state index contributed by atoms with van der Waals surface area (Å²) in [6.45, 7) is 2.57. The number of benzene rings is 1. The fraction of sp³-hybridized carbons (Fsp3) is 0.462. The summed E-state index contributed by atoms with van der Waals surface area (Å²) >= 11 is 0. The first kappa shape index (κ1) is 12.2. The van der Waals surface area contributed by atoms with Crippen LogP contribution in [0.25, 0.3) is 0 Å². The topological polar surface area (TPSA) is 29.1 Å². The van der Waals surface area contributed by atoms with Crippen molar-refractivity contribution in [1.29, 1.82) is 0 Å². The first-order valence-corrected chi connectivity index (χ1v) is 5.84. The zero-order valence-electron chi connectivity index (χ0n) is 9.72. The zero-order chi connectivity index (χ0) is 12.5. The molecule has 1 fully saturated rings. The molecule has 0 bridgehead atoms. The predicted octanol–water partition coefficient (Wildman–Crippen LogP) is 2.68. The lowest BCUT2D eigenvalue weighted by molar-refractivity contribution is 0.0854. The molecule has 1 saturated heterocycles. The molecule has 1 aliphatic rings. The van der Waals surface area contributed by atoms with Crippen molar-refractivity contribution in [3.8, 4) is 0 Å². The van der Waals surface area contributed by atoms with Crippen molar-refractivity contribution in [2.45, 2.75) is 31.7 Å². The molecule has 1 unspecified atom stereocenters. The number of ketones is 1. The Morgan fingerprint density at radius 2 is 2.06 bits per heavy atom. The molecule has 1 N–H and O–H groups in total. The van der Waals surface area contributed by atoms with E-state index in [0.29, 0.717) is 12.8 Å². The number of carbonyl (C=O) groups is 1. The first-order valence-electron chi connectivity index (χ1n) is 5.84. The number of nitrogens with one attached hydrogen (secondary N) is 1. The van der Waals surface area contributed by atoms with Crippen molar-refractivity contribution in [2.24, 2.45) is 0 Å². The van der Waals surface area contributed by atoms with Crippen molar-refractivity contribution >= 4 is 5.78 Å². The molecule has 2 rings (SSSR count). The molecule has 0 spiro atoms. The minimum Gasteiger partial charge on any atom is -0.305 e. The highest BCUT2D eigenvalue weighted by Gasteiger charge is 2.41. The lowest BCUT2D eigenvalue weighted by Crippen LogP contribution is -2.47. The fourth-order valence-electron chi connectivity index (χ4n) is 2.42. The summed E-state index contributed by atoms with van der Waals surface area (Å²) in [6.07, 6.45) is 2.03. The SMILES string of the molecule is CCC1(C(=O)c2c(F)cccc2F)CCCN1. The number of hydrogen-bond donors (Lipinski definition) is 1. The van der Waals surface area contributed by atoms with Gasteiger partial charge in [0.05, 0.1) is 11.1 Å². The molecule has 0 amide bonds. The maximum Gasteiger partial charge on any atom is 0.188 e. The highest BCUT2D eigenvalue weighted by Crippen LogP contribution is 2.29. The number of halogens is 2. The van der Waals surface area contributed by atoms with Crippen LogP contribution in [0.2, 0.25) is 0 Å². The van der Waals surface area contributed by atoms with Gasteiger partial charge in [0.2, 0.25) is 0 Å². The Kier molecular flexibility index (Phi) is 3.24. The van der Waals surface area contributed by atoms with E-state index in [1.807, 2.05) is 6.92 Å². The molecule has 0 saturated carbocycles. The smallest absolute Gasteiger partial charge is 0.188 e. The van der Waals surface area contributed by atoms with Gasteiger partial charge in [-0.1, -0.05) is 13.0 Å². The van der Waals surface area contributed by atoms with Crippen LogP contribution in [-0.2, 0) is 0 Å². The summed E-state index contributed by atoms with van der Waals surface area (Å²) < 4.78 is 27.1. The molecule has 0 radical (unpaired) electrons. The standard InChI is InChI=1S/C13H15F2NO/c1-2-13(7-4-8-16-13)12(17)11-9(14)5-3-6-10(11)15/h3,5-6,16H,2,4,7-8H2,1H3. The van der Waals surface area contributed by atoms with Gasteiger partial charge in [-0.05, 0) is 37.9 Å². The third kappa shape index (κ3) is 1.97. The van der Waals surface area contributed by atoms with E-state index in [2.05, 4.69) is 5.32 Å². The van der Waals surface area contributed by atoms with Crippen LogP contribution in [0.3, 0.4) is 0 Å². The fourth-order valence-corrected chi connectivity index (χ4v) is 2.42. The van der Waals surface area contributed by atoms with Crippen LogP contribution in [0.1, 0.15) is 36.5 Å². The van der Waals surface area contributed by atoms with Gasteiger partial charge in [0.25, 0.3) is 0 Å². The maximum absolute atomic E-state index is 13.6. The highest BCUT2D eigenvalue weighted by atomic mass is 19.1. The molecular weight excluding hydrogens is 224 g/mol. The molecule has 1 aromatic carbocycles. The monoisotopic (exact) mass is 239 g/mol. The van der Waals surface area contributed by atoms with Crippen molar-refractivity contribution in [3.05, 3.63) is 35.4 Å². The number of hydrogen-bond acceptors (Lipinski definition) is 2. The van der Waals surface area contributed by atoms with E-state index in [-0.39, 0.29) is 0 Å². The number of Topliss-reactive ketones (excluding diaryl/α,β-unsaturated/α-hetero) is 1. The second kappa shape index (κ2) is 4.53. The number of carbonyl (C=O) groups excluding carboxylic acids is 1. The molecule has 1 heterocycles. The van der Waals surface area contributed by atoms with Gasteiger partial charge in [-0.3, -0.25) is 4.79 Å². The first-order chi connectivity index (χ1) is 8.10. The third-order valence-corrected chi connectivity index (χ3v) is 3.47. The van der Waals surface area contributed by atoms with Gasteiger partial charge in [0.15, 0.2) is 5.78 Å². The van der Waals surface area contributed by atoms with Crippen LogP contribution in [0.5, 0.6) is 0 Å². The summed E-state index contributed by atoms with van der Waals surface area (Å²) in [7, 11) is 0. The average Bonchev–Trinajstić information content (AvgIpc) is 2.78. The molecular formula is C13H15F2NO. The van der Waals surface area contributed by atoms with Crippen LogP contribution in [-0.4, -0.2) is 17.9 Å². The average molecular weight is 239 g/mol. The van der Waals surface area contributed by atoms with Crippen LogP contribution >= 0.6 is 0 Å². The Morgan fingerprint density at radius 3 is 2.53 bits per heavy atom. The number of rotatable bonds is 3. The van der Waals surface area contributed by atoms with E-state index in [0.717, 1.165) is 25.1 Å². The lowest BCUT2D eigenvalue weighted by atomic mass is 9.85. The lowest BCUT2D eigenvalue weighted by Gasteiger charge is -2.26. The Morgan fingerprint density at radius 1 is 1.41 bits per heavy atom. The van der Waals surface area contributed by atoms with Gasteiger partial charge >= 0.3 is 0 Å². The summed E-state index contributed by atoms with van der Waals surface area (Å²) in [6, 6.07) is 3.51. The molecule has 0 aromatic heterocycles. The molecule has 4 heteroatoms. The minimum absolute atomic E-state index is 0.413. The minimum atomic E-state index is -0.789. The molecule has 1 aromatic rings. The highest BCUT2D eigenvalue weighted by molar-refractivity contribution is 6.03. The van der Waals surface area contributed by atoms with Crippen molar-refractivity contribution in [2.75, 3.05) is 6.54 Å². The third-order valence-electron chi connectivity index (χ3n) is 3.47. The molecule has 1 aliphatic heterocycles. The summed E-state index contributed by atoms with van der Waals surface area (Å²) in [4.78, 5) is 12.3. The van der Waals surface area contributed by atoms with Crippen molar-refractivity contribution < 1.29 is 13.6 Å².